The van der Waals surface area contributed by atoms with Gasteiger partial charge < -0.3 is 24.7 Å². The Morgan fingerprint density at radius 2 is 1.82 bits per heavy atom. The summed E-state index contributed by atoms with van der Waals surface area (Å²) in [6.45, 7) is 2.26. The monoisotopic (exact) mass is 303 g/mol. The Balaban J connectivity index is 1.69. The van der Waals surface area contributed by atoms with E-state index in [4.69, 9.17) is 24.7 Å². The Kier molecular flexibility index (Phi) is 3.36. The fraction of sp³-hybridized carbons (Fsp3) is 0.529. The Bertz CT molecular complexity index is 594. The van der Waals surface area contributed by atoms with Crippen LogP contribution >= 0.6 is 0 Å². The smallest absolute Gasteiger partial charge is 0.231 e. The third kappa shape index (κ3) is 2.20. The first-order valence-corrected chi connectivity index (χ1v) is 7.84. The van der Waals surface area contributed by atoms with Gasteiger partial charge >= 0.3 is 0 Å². The molecule has 5 heteroatoms. The molecule has 5 nitrogen and oxygen atoms in total. The minimum atomic E-state index is -0.519. The summed E-state index contributed by atoms with van der Waals surface area (Å²) in [6, 6.07) is 6.18. The van der Waals surface area contributed by atoms with Gasteiger partial charge in [-0.25, -0.2) is 0 Å². The molecule has 1 aromatic carbocycles. The predicted molar refractivity (Wildman–Crippen MR) is 80.9 cm³/mol. The van der Waals surface area contributed by atoms with Gasteiger partial charge in [-0.2, -0.15) is 0 Å². The number of nitrogens with two attached hydrogens (primary N) is 1. The van der Waals surface area contributed by atoms with Crippen LogP contribution < -0.4 is 15.2 Å². The molecule has 1 aliphatic carbocycles. The van der Waals surface area contributed by atoms with E-state index in [1.54, 1.807) is 0 Å². The zero-order valence-electron chi connectivity index (χ0n) is 12.5. The minimum Gasteiger partial charge on any atom is -0.454 e. The molecule has 1 atom stereocenters. The molecule has 4 rings (SSSR count). The molecule has 118 valence electrons. The van der Waals surface area contributed by atoms with Crippen LogP contribution in [-0.2, 0) is 14.9 Å². The van der Waals surface area contributed by atoms with E-state index in [1.807, 2.05) is 6.07 Å². The van der Waals surface area contributed by atoms with Gasteiger partial charge in [-0.15, -0.1) is 0 Å². The first kappa shape index (κ1) is 14.1. The standard InChI is InChI=1S/C17H21NO4/c18-8-7-16(3-5-17(6-4-16)21-9-10-22-17)13-1-2-14-15(11-13)20-12-19-14/h1-3,5,11H,4,6-10,12,18H2. The van der Waals surface area contributed by atoms with Crippen molar-refractivity contribution in [1.29, 1.82) is 0 Å². The Morgan fingerprint density at radius 3 is 2.55 bits per heavy atom. The van der Waals surface area contributed by atoms with Crippen molar-refractivity contribution < 1.29 is 18.9 Å². The van der Waals surface area contributed by atoms with E-state index in [2.05, 4.69) is 24.3 Å². The maximum absolute atomic E-state index is 5.89. The SMILES string of the molecule is NCCC1(c2ccc3c(c2)OCO3)C=CC2(CC1)OCCO2. The van der Waals surface area contributed by atoms with Crippen molar-refractivity contribution >= 4 is 0 Å². The second kappa shape index (κ2) is 5.26. The number of allylic oxidation sites excluding steroid dienone is 1. The molecule has 0 bridgehead atoms. The number of hydrogen-bond donors (Lipinski definition) is 1. The molecule has 1 fully saturated rings. The molecule has 0 saturated carbocycles. The first-order valence-electron chi connectivity index (χ1n) is 7.84. The van der Waals surface area contributed by atoms with Gasteiger partial charge in [-0.05, 0) is 43.2 Å². The largest absolute Gasteiger partial charge is 0.454 e. The highest BCUT2D eigenvalue weighted by atomic mass is 16.7. The molecule has 2 aliphatic heterocycles. The molecule has 1 spiro atoms. The Morgan fingerprint density at radius 1 is 1.00 bits per heavy atom. The summed E-state index contributed by atoms with van der Waals surface area (Å²) in [7, 11) is 0. The molecule has 0 aromatic heterocycles. The average molecular weight is 303 g/mol. The summed E-state index contributed by atoms with van der Waals surface area (Å²) in [5, 5.41) is 0. The summed E-state index contributed by atoms with van der Waals surface area (Å²) >= 11 is 0. The van der Waals surface area contributed by atoms with E-state index in [9.17, 15) is 0 Å². The van der Waals surface area contributed by atoms with Crippen LogP contribution in [0.1, 0.15) is 24.8 Å². The number of rotatable bonds is 3. The molecule has 1 saturated heterocycles. The summed E-state index contributed by atoms with van der Waals surface area (Å²) in [5.74, 6) is 1.11. The lowest BCUT2D eigenvalue weighted by atomic mass is 9.70. The number of benzene rings is 1. The predicted octanol–water partition coefficient (Wildman–Crippen LogP) is 2.09. The molecule has 0 amide bonds. The first-order chi connectivity index (χ1) is 10.8. The molecule has 22 heavy (non-hydrogen) atoms. The highest BCUT2D eigenvalue weighted by Gasteiger charge is 2.43. The van der Waals surface area contributed by atoms with Crippen LogP contribution in [0.5, 0.6) is 11.5 Å². The number of ether oxygens (including phenoxy) is 4. The lowest BCUT2D eigenvalue weighted by Crippen LogP contribution is -2.38. The molecule has 2 N–H and O–H groups in total. The van der Waals surface area contributed by atoms with E-state index in [0.29, 0.717) is 26.6 Å². The Hall–Kier alpha value is -1.56. The van der Waals surface area contributed by atoms with Crippen LogP contribution in [0.15, 0.2) is 30.4 Å². The normalized spacial score (nSPS) is 28.4. The van der Waals surface area contributed by atoms with Gasteiger partial charge in [-0.1, -0.05) is 12.1 Å². The van der Waals surface area contributed by atoms with Gasteiger partial charge in [0.05, 0.1) is 13.2 Å². The van der Waals surface area contributed by atoms with Crippen molar-refractivity contribution in [2.45, 2.75) is 30.5 Å². The van der Waals surface area contributed by atoms with Gasteiger partial charge in [-0.3, -0.25) is 0 Å². The van der Waals surface area contributed by atoms with Crippen molar-refractivity contribution in [3.63, 3.8) is 0 Å². The fourth-order valence-corrected chi connectivity index (χ4v) is 3.62. The maximum atomic E-state index is 5.89. The van der Waals surface area contributed by atoms with E-state index < -0.39 is 5.79 Å². The average Bonchev–Trinajstić information content (AvgIpc) is 3.19. The molecular weight excluding hydrogens is 282 g/mol. The lowest BCUT2D eigenvalue weighted by Gasteiger charge is -2.39. The lowest BCUT2D eigenvalue weighted by molar-refractivity contribution is -0.128. The number of fused-ring (bicyclic) bond motifs is 1. The van der Waals surface area contributed by atoms with Crippen LogP contribution in [0.4, 0.5) is 0 Å². The third-order valence-electron chi connectivity index (χ3n) is 4.89. The van der Waals surface area contributed by atoms with Crippen molar-refractivity contribution in [1.82, 2.24) is 0 Å². The molecular formula is C17H21NO4. The molecule has 3 aliphatic rings. The fourth-order valence-electron chi connectivity index (χ4n) is 3.62. The summed E-state index contributed by atoms with van der Waals surface area (Å²) in [5.41, 5.74) is 7.01. The molecule has 0 radical (unpaired) electrons. The van der Waals surface area contributed by atoms with Crippen LogP contribution in [-0.4, -0.2) is 32.3 Å². The van der Waals surface area contributed by atoms with Crippen molar-refractivity contribution in [2.24, 2.45) is 5.73 Å². The topological polar surface area (TPSA) is 62.9 Å². The number of hydrogen-bond acceptors (Lipinski definition) is 5. The van der Waals surface area contributed by atoms with Crippen molar-refractivity contribution in [3.05, 3.63) is 35.9 Å². The van der Waals surface area contributed by atoms with E-state index >= 15 is 0 Å². The highest BCUT2D eigenvalue weighted by Crippen LogP contribution is 2.45. The van der Waals surface area contributed by atoms with Crippen molar-refractivity contribution in [2.75, 3.05) is 26.6 Å². The van der Waals surface area contributed by atoms with Crippen LogP contribution in [0.3, 0.4) is 0 Å². The van der Waals surface area contributed by atoms with Crippen LogP contribution in [0, 0.1) is 0 Å². The van der Waals surface area contributed by atoms with Crippen LogP contribution in [0.2, 0.25) is 0 Å². The summed E-state index contributed by atoms with van der Waals surface area (Å²) in [4.78, 5) is 0. The van der Waals surface area contributed by atoms with Gasteiger partial charge in [0.15, 0.2) is 17.3 Å². The zero-order valence-corrected chi connectivity index (χ0v) is 12.5. The Labute approximate surface area is 130 Å². The van der Waals surface area contributed by atoms with Crippen LogP contribution in [0.25, 0.3) is 0 Å². The molecule has 1 unspecified atom stereocenters. The quantitative estimate of drug-likeness (QED) is 0.866. The van der Waals surface area contributed by atoms with Gasteiger partial charge in [0.1, 0.15) is 0 Å². The molecule has 1 aromatic rings. The molecule has 2 heterocycles. The van der Waals surface area contributed by atoms with E-state index in [0.717, 1.165) is 30.8 Å². The minimum absolute atomic E-state index is 0.0870. The second-order valence-corrected chi connectivity index (χ2v) is 6.10. The third-order valence-corrected chi connectivity index (χ3v) is 4.89. The van der Waals surface area contributed by atoms with Gasteiger partial charge in [0.2, 0.25) is 6.79 Å². The maximum Gasteiger partial charge on any atom is 0.231 e. The summed E-state index contributed by atoms with van der Waals surface area (Å²) in [6.07, 6.45) is 6.97. The van der Waals surface area contributed by atoms with Gasteiger partial charge in [0, 0.05) is 11.8 Å². The highest BCUT2D eigenvalue weighted by molar-refractivity contribution is 5.48. The second-order valence-electron chi connectivity index (χ2n) is 6.10. The zero-order chi connectivity index (χ0) is 15.0. The van der Waals surface area contributed by atoms with E-state index in [-0.39, 0.29) is 5.41 Å². The van der Waals surface area contributed by atoms with Gasteiger partial charge in [0.25, 0.3) is 0 Å². The summed E-state index contributed by atoms with van der Waals surface area (Å²) < 4.78 is 22.5. The van der Waals surface area contributed by atoms with E-state index in [1.165, 1.54) is 5.56 Å². The van der Waals surface area contributed by atoms with Crippen molar-refractivity contribution in [3.8, 4) is 11.5 Å².